The smallest absolute Gasteiger partial charge is 0.433 e. The molecule has 10 heteroatoms. The van der Waals surface area contributed by atoms with Crippen LogP contribution in [0.25, 0.3) is 11.1 Å². The number of hydrogen-bond donors (Lipinski definition) is 1. The number of carbonyl (C=O) groups is 1. The molecule has 6 nitrogen and oxygen atoms in total. The number of amides is 1. The van der Waals surface area contributed by atoms with Crippen LogP contribution in [0.5, 0.6) is 11.5 Å². The standard InChI is InChI=1S/C20H13F4N3O3/c1-10-4-15-16(30-20(23,24)9-29-15)5-12(10)11-2-3-17(26-6-11)27-19(28)18-13(21)7-25-8-14(18)22/h2-8H,9H2,1H3,(H,26,27,28). The molecule has 3 heterocycles. The van der Waals surface area contributed by atoms with Crippen molar-refractivity contribution in [3.8, 4) is 22.6 Å². The Hall–Kier alpha value is -3.69. The van der Waals surface area contributed by atoms with Gasteiger partial charge in [0.1, 0.15) is 11.4 Å². The quantitative estimate of drug-likeness (QED) is 0.640. The maximum absolute atomic E-state index is 13.7. The molecule has 3 aromatic rings. The van der Waals surface area contributed by atoms with Crippen molar-refractivity contribution in [1.29, 1.82) is 0 Å². The molecule has 0 fully saturated rings. The van der Waals surface area contributed by atoms with Crippen LogP contribution in [0.15, 0.2) is 42.9 Å². The van der Waals surface area contributed by atoms with E-state index in [-0.39, 0.29) is 17.3 Å². The van der Waals surface area contributed by atoms with Crippen LogP contribution >= 0.6 is 0 Å². The van der Waals surface area contributed by atoms with Gasteiger partial charge in [-0.2, -0.15) is 8.78 Å². The lowest BCUT2D eigenvalue weighted by atomic mass is 10.0. The number of benzene rings is 1. The minimum Gasteiger partial charge on any atom is -0.479 e. The molecule has 0 spiro atoms. The Morgan fingerprint density at radius 1 is 1.10 bits per heavy atom. The first-order chi connectivity index (χ1) is 14.2. The van der Waals surface area contributed by atoms with E-state index in [2.05, 4.69) is 20.0 Å². The fraction of sp³-hybridized carbons (Fsp3) is 0.150. The van der Waals surface area contributed by atoms with Gasteiger partial charge in [0.15, 0.2) is 29.7 Å². The number of fused-ring (bicyclic) bond motifs is 1. The molecule has 1 amide bonds. The van der Waals surface area contributed by atoms with Gasteiger partial charge in [-0.15, -0.1) is 0 Å². The number of aryl methyl sites for hydroxylation is 1. The van der Waals surface area contributed by atoms with Gasteiger partial charge in [0.25, 0.3) is 5.91 Å². The number of nitrogens with zero attached hydrogens (tertiary/aromatic N) is 2. The van der Waals surface area contributed by atoms with E-state index in [9.17, 15) is 22.4 Å². The third-order valence-corrected chi connectivity index (χ3v) is 4.34. The Kier molecular flexibility index (Phi) is 4.76. The molecule has 0 radical (unpaired) electrons. The van der Waals surface area contributed by atoms with Gasteiger partial charge in [-0.05, 0) is 42.3 Å². The fourth-order valence-corrected chi connectivity index (χ4v) is 2.95. The van der Waals surface area contributed by atoms with Crippen molar-refractivity contribution in [3.63, 3.8) is 0 Å². The van der Waals surface area contributed by atoms with Crippen LogP contribution in [0, 0.1) is 18.6 Å². The van der Waals surface area contributed by atoms with E-state index >= 15 is 0 Å². The molecular formula is C20H13F4N3O3. The molecule has 1 aliphatic heterocycles. The second-order valence-electron chi connectivity index (χ2n) is 6.51. The predicted molar refractivity (Wildman–Crippen MR) is 97.6 cm³/mol. The zero-order valence-electron chi connectivity index (χ0n) is 15.4. The molecule has 0 bridgehead atoms. The summed E-state index contributed by atoms with van der Waals surface area (Å²) in [6.07, 6.45) is -0.597. The first kappa shape index (κ1) is 19.6. The highest BCUT2D eigenvalue weighted by Crippen LogP contribution is 2.41. The highest BCUT2D eigenvalue weighted by atomic mass is 19.3. The summed E-state index contributed by atoms with van der Waals surface area (Å²) in [7, 11) is 0. The fourth-order valence-electron chi connectivity index (χ4n) is 2.95. The van der Waals surface area contributed by atoms with E-state index < -0.39 is 35.8 Å². The van der Waals surface area contributed by atoms with Crippen molar-refractivity contribution in [1.82, 2.24) is 9.97 Å². The largest absolute Gasteiger partial charge is 0.479 e. The van der Waals surface area contributed by atoms with Crippen molar-refractivity contribution in [2.75, 3.05) is 11.9 Å². The van der Waals surface area contributed by atoms with Gasteiger partial charge in [0.2, 0.25) is 0 Å². The van der Waals surface area contributed by atoms with Crippen LogP contribution in [0.3, 0.4) is 0 Å². The number of aromatic nitrogens is 2. The summed E-state index contributed by atoms with van der Waals surface area (Å²) in [5.41, 5.74) is 1.06. The molecule has 0 saturated heterocycles. The van der Waals surface area contributed by atoms with Gasteiger partial charge >= 0.3 is 6.11 Å². The highest BCUT2D eigenvalue weighted by molar-refractivity contribution is 6.04. The molecule has 0 saturated carbocycles. The number of alkyl halides is 2. The van der Waals surface area contributed by atoms with Crippen molar-refractivity contribution in [3.05, 3.63) is 65.6 Å². The van der Waals surface area contributed by atoms with E-state index in [1.54, 1.807) is 19.1 Å². The van der Waals surface area contributed by atoms with E-state index in [0.717, 1.165) is 18.0 Å². The summed E-state index contributed by atoms with van der Waals surface area (Å²) in [6, 6.07) is 5.97. The monoisotopic (exact) mass is 419 g/mol. The van der Waals surface area contributed by atoms with E-state index in [1.165, 1.54) is 18.3 Å². The zero-order valence-corrected chi connectivity index (χ0v) is 15.4. The summed E-state index contributed by atoms with van der Waals surface area (Å²) < 4.78 is 63.9. The summed E-state index contributed by atoms with van der Waals surface area (Å²) in [6.45, 7) is 0.893. The Bertz CT molecular complexity index is 1120. The predicted octanol–water partition coefficient (Wildman–Crippen LogP) is 4.35. The van der Waals surface area contributed by atoms with E-state index in [4.69, 9.17) is 4.74 Å². The molecule has 1 N–H and O–H groups in total. The number of carbonyl (C=O) groups excluding carboxylic acids is 1. The summed E-state index contributed by atoms with van der Waals surface area (Å²) in [5, 5.41) is 2.29. The number of halogens is 4. The van der Waals surface area contributed by atoms with Gasteiger partial charge in [0, 0.05) is 11.8 Å². The molecule has 0 aliphatic carbocycles. The third kappa shape index (κ3) is 3.76. The molecule has 0 unspecified atom stereocenters. The summed E-state index contributed by atoms with van der Waals surface area (Å²) in [4.78, 5) is 19.5. The number of rotatable bonds is 3. The molecule has 1 aromatic carbocycles. The van der Waals surface area contributed by atoms with Crippen molar-refractivity contribution >= 4 is 11.7 Å². The minimum atomic E-state index is -3.43. The summed E-state index contributed by atoms with van der Waals surface area (Å²) in [5.74, 6) is -3.08. The van der Waals surface area contributed by atoms with Gasteiger partial charge in [0.05, 0.1) is 12.4 Å². The number of anilines is 1. The maximum Gasteiger partial charge on any atom is 0.433 e. The molecular weight excluding hydrogens is 406 g/mol. The van der Waals surface area contributed by atoms with Crippen molar-refractivity contribution in [2.45, 2.75) is 13.0 Å². The lowest BCUT2D eigenvalue weighted by Crippen LogP contribution is -2.36. The molecule has 0 atom stereocenters. The minimum absolute atomic E-state index is 0.0427. The molecule has 154 valence electrons. The SMILES string of the molecule is Cc1cc2c(cc1-c1ccc(NC(=O)c3c(F)cncc3F)nc1)OC(F)(F)CO2. The number of ether oxygens (including phenoxy) is 2. The second kappa shape index (κ2) is 7.29. The number of pyridine rings is 2. The summed E-state index contributed by atoms with van der Waals surface area (Å²) >= 11 is 0. The van der Waals surface area contributed by atoms with Gasteiger partial charge in [-0.3, -0.25) is 9.78 Å². The molecule has 1 aliphatic rings. The average Bonchev–Trinajstić information content (AvgIpc) is 2.68. The number of hydrogen-bond acceptors (Lipinski definition) is 5. The van der Waals surface area contributed by atoms with Gasteiger partial charge in [-0.25, -0.2) is 13.8 Å². The van der Waals surface area contributed by atoms with Crippen molar-refractivity contribution in [2.24, 2.45) is 0 Å². The van der Waals surface area contributed by atoms with Gasteiger partial charge < -0.3 is 14.8 Å². The lowest BCUT2D eigenvalue weighted by Gasteiger charge is -2.26. The molecule has 30 heavy (non-hydrogen) atoms. The molecule has 2 aromatic heterocycles. The third-order valence-electron chi connectivity index (χ3n) is 4.34. The first-order valence-corrected chi connectivity index (χ1v) is 8.64. The molecule has 4 rings (SSSR count). The lowest BCUT2D eigenvalue weighted by molar-refractivity contribution is -0.208. The average molecular weight is 419 g/mol. The Morgan fingerprint density at radius 3 is 2.50 bits per heavy atom. The topological polar surface area (TPSA) is 73.3 Å². The highest BCUT2D eigenvalue weighted by Gasteiger charge is 2.38. The van der Waals surface area contributed by atoms with E-state index in [1.807, 2.05) is 0 Å². The van der Waals surface area contributed by atoms with Crippen LogP contribution in [0.2, 0.25) is 0 Å². The van der Waals surface area contributed by atoms with Crippen molar-refractivity contribution < 1.29 is 31.8 Å². The maximum atomic E-state index is 13.7. The van der Waals surface area contributed by atoms with Crippen LogP contribution in [-0.4, -0.2) is 28.6 Å². The van der Waals surface area contributed by atoms with Gasteiger partial charge in [-0.1, -0.05) is 0 Å². The van der Waals surface area contributed by atoms with E-state index in [0.29, 0.717) is 11.1 Å². The normalized spacial score (nSPS) is 14.3. The Balaban J connectivity index is 1.58. The Labute approximate surface area is 167 Å². The first-order valence-electron chi connectivity index (χ1n) is 8.64. The zero-order chi connectivity index (χ0) is 21.5. The van der Waals surface area contributed by atoms with Crippen LogP contribution in [-0.2, 0) is 0 Å². The second-order valence-corrected chi connectivity index (χ2v) is 6.51. The van der Waals surface area contributed by atoms with Crippen LogP contribution in [0.4, 0.5) is 23.4 Å². The number of nitrogens with one attached hydrogen (secondary N) is 1. The van der Waals surface area contributed by atoms with Crippen LogP contribution in [0.1, 0.15) is 15.9 Å². The Morgan fingerprint density at radius 2 is 1.83 bits per heavy atom. The van der Waals surface area contributed by atoms with Crippen LogP contribution < -0.4 is 14.8 Å².